The van der Waals surface area contributed by atoms with E-state index in [9.17, 15) is 14.4 Å². The predicted molar refractivity (Wildman–Crippen MR) is 101 cm³/mol. The quantitative estimate of drug-likeness (QED) is 0.578. The topological polar surface area (TPSA) is 67.5 Å². The fourth-order valence-corrected chi connectivity index (χ4v) is 3.32. The van der Waals surface area contributed by atoms with Crippen LogP contribution in [0.4, 0.5) is 0 Å². The van der Waals surface area contributed by atoms with Crippen LogP contribution in [0.15, 0.2) is 46.5 Å². The molecule has 0 radical (unpaired) electrons. The van der Waals surface area contributed by atoms with Gasteiger partial charge in [0.25, 0.3) is 0 Å². The Balaban J connectivity index is 1.88. The summed E-state index contributed by atoms with van der Waals surface area (Å²) in [5.41, 5.74) is 0.140. The summed E-state index contributed by atoms with van der Waals surface area (Å²) in [4.78, 5) is 41.5. The van der Waals surface area contributed by atoms with E-state index in [1.54, 1.807) is 18.2 Å². The van der Waals surface area contributed by atoms with E-state index in [1.165, 1.54) is 9.13 Å². The SMILES string of the molecule is C=CCn1c(=O)c(=O)n(CCC(=O)N2CCN(C)CC2)c2ccccc21. The van der Waals surface area contributed by atoms with E-state index < -0.39 is 11.1 Å². The summed E-state index contributed by atoms with van der Waals surface area (Å²) in [5.74, 6) is 0.0179. The fraction of sp³-hybridized carbons (Fsp3) is 0.421. The van der Waals surface area contributed by atoms with Crippen molar-refractivity contribution < 1.29 is 4.79 Å². The Morgan fingerprint density at radius 2 is 1.62 bits per heavy atom. The lowest BCUT2D eigenvalue weighted by molar-refractivity contribution is -0.133. The third kappa shape index (κ3) is 3.48. The minimum Gasteiger partial charge on any atom is -0.340 e. The monoisotopic (exact) mass is 356 g/mol. The Morgan fingerprint density at radius 3 is 2.23 bits per heavy atom. The highest BCUT2D eigenvalue weighted by Gasteiger charge is 2.20. The number of amides is 1. The van der Waals surface area contributed by atoms with Crippen molar-refractivity contribution in [2.75, 3.05) is 33.2 Å². The van der Waals surface area contributed by atoms with Gasteiger partial charge >= 0.3 is 11.1 Å². The molecule has 138 valence electrons. The first-order valence-electron chi connectivity index (χ1n) is 8.82. The van der Waals surface area contributed by atoms with Crippen molar-refractivity contribution in [3.05, 3.63) is 57.6 Å². The van der Waals surface area contributed by atoms with Crippen molar-refractivity contribution in [1.82, 2.24) is 18.9 Å². The maximum Gasteiger partial charge on any atom is 0.317 e. The van der Waals surface area contributed by atoms with E-state index in [4.69, 9.17) is 0 Å². The molecule has 1 aromatic carbocycles. The molecule has 0 atom stereocenters. The second-order valence-corrected chi connectivity index (χ2v) is 6.58. The highest BCUT2D eigenvalue weighted by Crippen LogP contribution is 2.11. The molecule has 0 N–H and O–H groups in total. The highest BCUT2D eigenvalue weighted by molar-refractivity contribution is 5.77. The highest BCUT2D eigenvalue weighted by atomic mass is 16.2. The first kappa shape index (κ1) is 18.1. The van der Waals surface area contributed by atoms with Crippen LogP contribution < -0.4 is 11.1 Å². The Labute approximate surface area is 151 Å². The average molecular weight is 356 g/mol. The average Bonchev–Trinajstić information content (AvgIpc) is 2.65. The number of hydrogen-bond acceptors (Lipinski definition) is 4. The van der Waals surface area contributed by atoms with Crippen molar-refractivity contribution in [2.45, 2.75) is 19.5 Å². The number of aromatic nitrogens is 2. The van der Waals surface area contributed by atoms with Crippen molar-refractivity contribution in [2.24, 2.45) is 0 Å². The molecule has 7 nitrogen and oxygen atoms in total. The third-order valence-electron chi connectivity index (χ3n) is 4.85. The van der Waals surface area contributed by atoms with Gasteiger partial charge in [0.05, 0.1) is 11.0 Å². The van der Waals surface area contributed by atoms with Gasteiger partial charge in [-0.05, 0) is 19.2 Å². The second kappa shape index (κ2) is 7.70. The first-order chi connectivity index (χ1) is 12.5. The molecule has 1 amide bonds. The van der Waals surface area contributed by atoms with Gasteiger partial charge in [-0.3, -0.25) is 19.0 Å². The largest absolute Gasteiger partial charge is 0.340 e. The molecule has 1 aliphatic heterocycles. The second-order valence-electron chi connectivity index (χ2n) is 6.58. The zero-order chi connectivity index (χ0) is 18.7. The van der Waals surface area contributed by atoms with Gasteiger partial charge < -0.3 is 14.4 Å². The standard InChI is InChI=1S/C19H24N4O3/c1-3-9-22-15-6-4-5-7-16(15)23(19(26)18(22)25)10-8-17(24)21-13-11-20(2)12-14-21/h3-7H,1,8-14H2,2H3. The number of benzene rings is 1. The zero-order valence-electron chi connectivity index (χ0n) is 15.1. The molecule has 3 rings (SSSR count). The van der Waals surface area contributed by atoms with Gasteiger partial charge in [-0.15, -0.1) is 6.58 Å². The Bertz CT molecular complexity index is 936. The van der Waals surface area contributed by atoms with E-state index in [0.717, 1.165) is 13.1 Å². The van der Waals surface area contributed by atoms with Crippen molar-refractivity contribution in [3.8, 4) is 0 Å². The third-order valence-corrected chi connectivity index (χ3v) is 4.85. The van der Waals surface area contributed by atoms with Gasteiger partial charge in [-0.1, -0.05) is 18.2 Å². The predicted octanol–water partition coefficient (Wildman–Crippen LogP) is 0.513. The van der Waals surface area contributed by atoms with Gasteiger partial charge in [-0.25, -0.2) is 0 Å². The van der Waals surface area contributed by atoms with E-state index in [0.29, 0.717) is 24.1 Å². The number of allylic oxidation sites excluding steroid dienone is 1. The number of aryl methyl sites for hydroxylation is 1. The van der Waals surface area contributed by atoms with E-state index in [-0.39, 0.29) is 25.4 Å². The molecule has 1 aliphatic rings. The van der Waals surface area contributed by atoms with Crippen molar-refractivity contribution in [1.29, 1.82) is 0 Å². The number of likely N-dealkylation sites (N-methyl/N-ethyl adjacent to an activating group) is 1. The number of rotatable bonds is 5. The van der Waals surface area contributed by atoms with E-state index in [2.05, 4.69) is 11.5 Å². The number of carbonyl (C=O) groups is 1. The summed E-state index contributed by atoms with van der Waals surface area (Å²) in [6.07, 6.45) is 1.80. The normalized spacial score (nSPS) is 15.3. The van der Waals surface area contributed by atoms with Crippen molar-refractivity contribution >= 4 is 16.9 Å². The summed E-state index contributed by atoms with van der Waals surface area (Å²) in [5, 5.41) is 0. The lowest BCUT2D eigenvalue weighted by Gasteiger charge is -2.32. The molecule has 26 heavy (non-hydrogen) atoms. The molecule has 2 aromatic rings. The lowest BCUT2D eigenvalue weighted by Crippen LogP contribution is -2.47. The van der Waals surface area contributed by atoms with Crippen LogP contribution in [0.3, 0.4) is 0 Å². The van der Waals surface area contributed by atoms with Crippen LogP contribution in [0, 0.1) is 0 Å². The molecular formula is C19H24N4O3. The number of piperazine rings is 1. The van der Waals surface area contributed by atoms with E-state index in [1.807, 2.05) is 24.1 Å². The fourth-order valence-electron chi connectivity index (χ4n) is 3.32. The van der Waals surface area contributed by atoms with Crippen LogP contribution in [0.5, 0.6) is 0 Å². The Hall–Kier alpha value is -2.67. The summed E-state index contributed by atoms with van der Waals surface area (Å²) in [7, 11) is 2.03. The Morgan fingerprint density at radius 1 is 1.04 bits per heavy atom. The molecule has 1 fully saturated rings. The van der Waals surface area contributed by atoms with Crippen LogP contribution in [-0.4, -0.2) is 58.1 Å². The van der Waals surface area contributed by atoms with Gasteiger partial charge in [0.2, 0.25) is 5.91 Å². The summed E-state index contributed by atoms with van der Waals surface area (Å²) in [6, 6.07) is 7.25. The van der Waals surface area contributed by atoms with Crippen LogP contribution in [0.2, 0.25) is 0 Å². The molecule has 0 saturated carbocycles. The zero-order valence-corrected chi connectivity index (χ0v) is 15.1. The van der Waals surface area contributed by atoms with Gasteiger partial charge in [0, 0.05) is 45.7 Å². The molecule has 0 unspecified atom stereocenters. The molecule has 1 saturated heterocycles. The molecular weight excluding hydrogens is 332 g/mol. The first-order valence-corrected chi connectivity index (χ1v) is 8.82. The van der Waals surface area contributed by atoms with Crippen LogP contribution >= 0.6 is 0 Å². The van der Waals surface area contributed by atoms with Gasteiger partial charge in [0.15, 0.2) is 0 Å². The minimum absolute atomic E-state index is 0.0179. The van der Waals surface area contributed by atoms with Crippen molar-refractivity contribution in [3.63, 3.8) is 0 Å². The van der Waals surface area contributed by atoms with Crippen LogP contribution in [0.25, 0.3) is 11.0 Å². The number of fused-ring (bicyclic) bond motifs is 1. The van der Waals surface area contributed by atoms with Gasteiger partial charge in [-0.2, -0.15) is 0 Å². The summed E-state index contributed by atoms with van der Waals surface area (Å²) in [6.45, 7) is 7.23. The molecule has 1 aromatic heterocycles. The minimum atomic E-state index is -0.600. The maximum absolute atomic E-state index is 12.6. The summed E-state index contributed by atoms with van der Waals surface area (Å²) < 4.78 is 2.84. The van der Waals surface area contributed by atoms with Crippen LogP contribution in [-0.2, 0) is 17.9 Å². The van der Waals surface area contributed by atoms with E-state index >= 15 is 0 Å². The number of para-hydroxylation sites is 2. The summed E-state index contributed by atoms with van der Waals surface area (Å²) >= 11 is 0. The van der Waals surface area contributed by atoms with Crippen LogP contribution in [0.1, 0.15) is 6.42 Å². The molecule has 7 heteroatoms. The molecule has 0 bridgehead atoms. The molecule has 2 heterocycles. The molecule has 0 aliphatic carbocycles. The number of nitrogens with zero attached hydrogens (tertiary/aromatic N) is 4. The molecule has 0 spiro atoms. The Kier molecular flexibility index (Phi) is 5.37. The number of hydrogen-bond donors (Lipinski definition) is 0. The van der Waals surface area contributed by atoms with Gasteiger partial charge in [0.1, 0.15) is 0 Å². The lowest BCUT2D eigenvalue weighted by atomic mass is 10.2. The number of carbonyl (C=O) groups excluding carboxylic acids is 1. The maximum atomic E-state index is 12.6. The smallest absolute Gasteiger partial charge is 0.317 e.